The molecule has 2 aromatic rings. The molecule has 1 aliphatic heterocycles. The second kappa shape index (κ2) is 7.47. The Balaban J connectivity index is 1.89. The van der Waals surface area contributed by atoms with Crippen molar-refractivity contribution in [2.75, 3.05) is 20.8 Å². The number of hydrogen-bond donors (Lipinski definition) is 1. The Labute approximate surface area is 152 Å². The van der Waals surface area contributed by atoms with Gasteiger partial charge in [-0.05, 0) is 48.2 Å². The van der Waals surface area contributed by atoms with Crippen LogP contribution in [0.15, 0.2) is 42.4 Å². The highest BCUT2D eigenvalue weighted by atomic mass is 16.5. The molecule has 1 aliphatic rings. The van der Waals surface area contributed by atoms with Gasteiger partial charge in [-0.25, -0.2) is 0 Å². The number of methoxy groups -OCH3 is 2. The molecule has 2 atom stereocenters. The van der Waals surface area contributed by atoms with E-state index in [9.17, 15) is 9.90 Å². The largest absolute Gasteiger partial charge is 0.508 e. The quantitative estimate of drug-likeness (QED) is 0.815. The summed E-state index contributed by atoms with van der Waals surface area (Å²) >= 11 is 0. The van der Waals surface area contributed by atoms with E-state index in [1.54, 1.807) is 18.2 Å². The first kappa shape index (κ1) is 12.6. The standard InChI is InChI=1S/C20H22O5/c1-23-17-8-14(9-18(11-17)24-2)10-19-15(12-25-20(19)22)6-13-4-3-5-16(21)7-13/h3-5,7-9,11,15,19,21H,6,10,12H2,1-2H3/t15-,19+/m0/s1/i3D,4D,5D,7D. The highest BCUT2D eigenvalue weighted by Gasteiger charge is 2.37. The third kappa shape index (κ3) is 4.05. The summed E-state index contributed by atoms with van der Waals surface area (Å²) < 4.78 is 47.3. The van der Waals surface area contributed by atoms with E-state index in [1.807, 2.05) is 0 Å². The molecule has 0 unspecified atom stereocenters. The van der Waals surface area contributed by atoms with Crippen LogP contribution in [0.25, 0.3) is 0 Å². The van der Waals surface area contributed by atoms with Crippen molar-refractivity contribution in [1.82, 2.24) is 0 Å². The number of carbonyl (C=O) groups is 1. The summed E-state index contributed by atoms with van der Waals surface area (Å²) in [5, 5.41) is 9.93. The van der Waals surface area contributed by atoms with Crippen molar-refractivity contribution in [3.05, 3.63) is 53.5 Å². The minimum atomic E-state index is -0.625. The van der Waals surface area contributed by atoms with Crippen LogP contribution in [-0.2, 0) is 22.4 Å². The third-order valence-corrected chi connectivity index (χ3v) is 4.31. The zero-order valence-electron chi connectivity index (χ0n) is 18.1. The zero-order valence-corrected chi connectivity index (χ0v) is 14.1. The predicted octanol–water partition coefficient (Wildman–Crippen LogP) is 2.98. The van der Waals surface area contributed by atoms with Gasteiger partial charge in [0.2, 0.25) is 0 Å². The van der Waals surface area contributed by atoms with Gasteiger partial charge in [0.15, 0.2) is 0 Å². The van der Waals surface area contributed by atoms with Crippen molar-refractivity contribution < 1.29 is 29.6 Å². The monoisotopic (exact) mass is 346 g/mol. The molecule has 1 fully saturated rings. The highest BCUT2D eigenvalue weighted by molar-refractivity contribution is 5.75. The van der Waals surface area contributed by atoms with Crippen molar-refractivity contribution in [3.8, 4) is 17.2 Å². The fraction of sp³-hybridized carbons (Fsp3) is 0.350. The number of aromatic hydroxyl groups is 1. The van der Waals surface area contributed by atoms with Crippen molar-refractivity contribution in [2.24, 2.45) is 11.8 Å². The minimum absolute atomic E-state index is 0.120. The van der Waals surface area contributed by atoms with Gasteiger partial charge in [-0.1, -0.05) is 12.1 Å². The molecule has 0 amide bonds. The number of ether oxygens (including phenoxy) is 3. The van der Waals surface area contributed by atoms with E-state index in [2.05, 4.69) is 0 Å². The Bertz CT molecular complexity index is 896. The van der Waals surface area contributed by atoms with Gasteiger partial charge in [-0.2, -0.15) is 0 Å². The van der Waals surface area contributed by atoms with Crippen LogP contribution in [0.1, 0.15) is 16.6 Å². The summed E-state index contributed by atoms with van der Waals surface area (Å²) in [6.45, 7) is 0.125. The summed E-state index contributed by atoms with van der Waals surface area (Å²) in [7, 11) is 3.08. The first-order valence-electron chi connectivity index (χ1n) is 9.93. The second-order valence-electron chi connectivity index (χ2n) is 5.95. The maximum absolute atomic E-state index is 12.4. The van der Waals surface area contributed by atoms with E-state index in [1.165, 1.54) is 14.2 Å². The topological polar surface area (TPSA) is 65.0 Å². The Hall–Kier alpha value is -2.69. The Morgan fingerprint density at radius 1 is 1.16 bits per heavy atom. The van der Waals surface area contributed by atoms with E-state index >= 15 is 0 Å². The van der Waals surface area contributed by atoms with Gasteiger partial charge in [-0.3, -0.25) is 4.79 Å². The molecule has 5 nitrogen and oxygen atoms in total. The van der Waals surface area contributed by atoms with Crippen LogP contribution in [0.4, 0.5) is 0 Å². The van der Waals surface area contributed by atoms with Gasteiger partial charge >= 0.3 is 5.97 Å². The summed E-state index contributed by atoms with van der Waals surface area (Å²) in [5.41, 5.74) is 0.956. The van der Waals surface area contributed by atoms with Crippen LogP contribution >= 0.6 is 0 Å². The van der Waals surface area contributed by atoms with Crippen molar-refractivity contribution >= 4 is 5.97 Å². The number of esters is 1. The molecule has 0 aromatic heterocycles. The summed E-state index contributed by atoms with van der Waals surface area (Å²) in [5.74, 6) is -0.651. The molecule has 0 saturated carbocycles. The first-order chi connectivity index (χ1) is 13.8. The molecular formula is C20H22O5. The fourth-order valence-corrected chi connectivity index (χ4v) is 3.03. The number of benzene rings is 2. The molecule has 1 saturated heterocycles. The first-order valence-corrected chi connectivity index (χ1v) is 7.93. The van der Waals surface area contributed by atoms with Crippen molar-refractivity contribution in [1.29, 1.82) is 0 Å². The molecule has 0 aliphatic carbocycles. The SMILES string of the molecule is [2H]c1c([2H])c(O)c([2H])c(C[C@H]2COC(=O)[C@@H]2Cc2cc(OC)cc(OC)c2)c1[2H]. The lowest BCUT2D eigenvalue weighted by atomic mass is 9.85. The molecule has 0 radical (unpaired) electrons. The molecular weight excluding hydrogens is 320 g/mol. The van der Waals surface area contributed by atoms with E-state index in [0.29, 0.717) is 17.9 Å². The van der Waals surface area contributed by atoms with Crippen LogP contribution in [0.5, 0.6) is 17.2 Å². The van der Waals surface area contributed by atoms with E-state index in [-0.39, 0.29) is 42.6 Å². The lowest BCUT2D eigenvalue weighted by Crippen LogP contribution is -2.20. The van der Waals surface area contributed by atoms with Crippen LogP contribution in [0.3, 0.4) is 0 Å². The van der Waals surface area contributed by atoms with E-state index in [4.69, 9.17) is 19.7 Å². The predicted molar refractivity (Wildman–Crippen MR) is 93.0 cm³/mol. The molecule has 132 valence electrons. The van der Waals surface area contributed by atoms with Crippen LogP contribution < -0.4 is 9.47 Å². The molecule has 0 spiro atoms. The zero-order chi connectivity index (χ0) is 21.3. The minimum Gasteiger partial charge on any atom is -0.508 e. The van der Waals surface area contributed by atoms with E-state index < -0.39 is 23.8 Å². The number of phenols is 1. The average molecular weight is 346 g/mol. The summed E-state index contributed by atoms with van der Waals surface area (Å²) in [4.78, 5) is 12.4. The molecule has 5 heteroatoms. The average Bonchev–Trinajstić information content (AvgIpc) is 3.07. The summed E-state index contributed by atoms with van der Waals surface area (Å²) in [6.07, 6.45) is 0.475. The van der Waals surface area contributed by atoms with Gasteiger partial charge < -0.3 is 19.3 Å². The van der Waals surface area contributed by atoms with Gasteiger partial charge in [-0.15, -0.1) is 0 Å². The van der Waals surface area contributed by atoms with Gasteiger partial charge in [0.1, 0.15) is 17.2 Å². The highest BCUT2D eigenvalue weighted by Crippen LogP contribution is 2.32. The van der Waals surface area contributed by atoms with Crippen LogP contribution in [0, 0.1) is 11.8 Å². The lowest BCUT2D eigenvalue weighted by Gasteiger charge is -2.16. The Morgan fingerprint density at radius 3 is 2.56 bits per heavy atom. The maximum Gasteiger partial charge on any atom is 0.309 e. The second-order valence-corrected chi connectivity index (χ2v) is 5.95. The molecule has 0 bridgehead atoms. The molecule has 1 N–H and O–H groups in total. The Morgan fingerprint density at radius 2 is 1.88 bits per heavy atom. The summed E-state index contributed by atoms with van der Waals surface area (Å²) in [6, 6.07) is 3.74. The van der Waals surface area contributed by atoms with Gasteiger partial charge in [0.05, 0.1) is 32.2 Å². The normalized spacial score (nSPS) is 21.8. The van der Waals surface area contributed by atoms with Crippen molar-refractivity contribution in [3.63, 3.8) is 0 Å². The molecule has 1 heterocycles. The third-order valence-electron chi connectivity index (χ3n) is 4.31. The van der Waals surface area contributed by atoms with Crippen LogP contribution in [-0.4, -0.2) is 31.9 Å². The Kier molecular flexibility index (Phi) is 3.78. The lowest BCUT2D eigenvalue weighted by molar-refractivity contribution is -0.141. The molecule has 25 heavy (non-hydrogen) atoms. The fourth-order valence-electron chi connectivity index (χ4n) is 3.03. The van der Waals surface area contributed by atoms with E-state index in [0.717, 1.165) is 5.56 Å². The van der Waals surface area contributed by atoms with Crippen molar-refractivity contribution in [2.45, 2.75) is 12.8 Å². The van der Waals surface area contributed by atoms with Crippen LogP contribution in [0.2, 0.25) is 0 Å². The van der Waals surface area contributed by atoms with Gasteiger partial charge in [0.25, 0.3) is 0 Å². The number of rotatable bonds is 6. The smallest absolute Gasteiger partial charge is 0.309 e. The molecule has 2 aromatic carbocycles. The maximum atomic E-state index is 12.4. The number of phenolic OH excluding ortho intramolecular Hbond substituents is 1. The molecule has 3 rings (SSSR count). The number of hydrogen-bond acceptors (Lipinski definition) is 5. The number of carbonyl (C=O) groups excluding carboxylic acids is 1. The number of cyclic esters (lactones) is 1. The van der Waals surface area contributed by atoms with Gasteiger partial charge in [0, 0.05) is 12.0 Å².